The minimum absolute atomic E-state index is 0.000377. The molecule has 2 amide bonds. The van der Waals surface area contributed by atoms with Crippen LogP contribution in [0.1, 0.15) is 23.2 Å². The highest BCUT2D eigenvalue weighted by molar-refractivity contribution is 5.95. The zero-order valence-corrected chi connectivity index (χ0v) is 13.2. The number of nitrogens with one attached hydrogen (secondary N) is 1. The average Bonchev–Trinajstić information content (AvgIpc) is 2.63. The maximum Gasteiger partial charge on any atom is 0.254 e. The van der Waals surface area contributed by atoms with E-state index in [4.69, 9.17) is 0 Å². The molecule has 2 aromatic rings. The molecule has 1 aliphatic rings. The van der Waals surface area contributed by atoms with Crippen molar-refractivity contribution in [1.29, 1.82) is 0 Å². The Morgan fingerprint density at radius 2 is 1.67 bits per heavy atom. The number of hydrogen-bond acceptors (Lipinski definition) is 3. The highest BCUT2D eigenvalue weighted by Crippen LogP contribution is 2.20. The van der Waals surface area contributed by atoms with Crippen molar-refractivity contribution < 1.29 is 14.3 Å². The van der Waals surface area contributed by atoms with E-state index >= 15 is 0 Å². The number of likely N-dealkylation sites (tertiary alicyclic amines) is 1. The molecule has 6 heteroatoms. The van der Waals surface area contributed by atoms with Gasteiger partial charge in [0.15, 0.2) is 12.4 Å². The van der Waals surface area contributed by atoms with Crippen LogP contribution < -0.4 is 10.0 Å². The summed E-state index contributed by atoms with van der Waals surface area (Å²) < 4.78 is 0.650. The van der Waals surface area contributed by atoms with Crippen molar-refractivity contribution in [3.63, 3.8) is 0 Å². The number of para-hydroxylation sites is 1. The fourth-order valence-corrected chi connectivity index (χ4v) is 2.85. The number of aromatic nitrogens is 1. The second kappa shape index (κ2) is 7.12. The zero-order valence-electron chi connectivity index (χ0n) is 13.2. The second-order valence-corrected chi connectivity index (χ2v) is 5.87. The molecule has 124 valence electrons. The number of carbonyl (C=O) groups excluding carboxylic acids is 2. The molecule has 0 radical (unpaired) electrons. The Balaban J connectivity index is 1.54. The van der Waals surface area contributed by atoms with Crippen molar-refractivity contribution in [2.45, 2.75) is 12.8 Å². The number of amides is 2. The summed E-state index contributed by atoms with van der Waals surface area (Å²) in [6, 6.07) is 12.4. The summed E-state index contributed by atoms with van der Waals surface area (Å²) in [6.45, 7) is 1.08. The van der Waals surface area contributed by atoms with E-state index in [0.717, 1.165) is 5.69 Å². The van der Waals surface area contributed by atoms with Gasteiger partial charge in [-0.2, -0.15) is 4.73 Å². The van der Waals surface area contributed by atoms with Gasteiger partial charge in [-0.05, 0) is 25.0 Å². The molecule has 24 heavy (non-hydrogen) atoms. The molecule has 1 N–H and O–H groups in total. The van der Waals surface area contributed by atoms with Gasteiger partial charge in [-0.1, -0.05) is 18.2 Å². The molecule has 0 unspecified atom stereocenters. The van der Waals surface area contributed by atoms with Crippen molar-refractivity contribution in [1.82, 2.24) is 4.90 Å². The van der Waals surface area contributed by atoms with Crippen LogP contribution in [0.15, 0.2) is 54.9 Å². The largest absolute Gasteiger partial charge is 0.619 e. The first-order chi connectivity index (χ1) is 11.6. The predicted molar refractivity (Wildman–Crippen MR) is 89.1 cm³/mol. The van der Waals surface area contributed by atoms with Gasteiger partial charge >= 0.3 is 0 Å². The van der Waals surface area contributed by atoms with E-state index in [1.807, 2.05) is 30.3 Å². The lowest BCUT2D eigenvalue weighted by atomic mass is 9.95. The lowest BCUT2D eigenvalue weighted by molar-refractivity contribution is -0.605. The zero-order chi connectivity index (χ0) is 16.9. The number of pyridine rings is 1. The Kier molecular flexibility index (Phi) is 4.74. The third-order valence-electron chi connectivity index (χ3n) is 4.24. The SMILES string of the molecule is O=C(Nc1ccccc1)C1CCN(C(=O)c2cc[n+]([O-])cc2)CC1. The lowest BCUT2D eigenvalue weighted by Crippen LogP contribution is -2.41. The molecular formula is C18H19N3O3. The highest BCUT2D eigenvalue weighted by atomic mass is 16.5. The van der Waals surface area contributed by atoms with Crippen LogP contribution in [0, 0.1) is 11.1 Å². The Labute approximate surface area is 140 Å². The number of rotatable bonds is 3. The van der Waals surface area contributed by atoms with Gasteiger partial charge in [0, 0.05) is 36.8 Å². The minimum Gasteiger partial charge on any atom is -0.619 e. The van der Waals surface area contributed by atoms with Crippen molar-refractivity contribution in [2.75, 3.05) is 18.4 Å². The molecule has 0 atom stereocenters. The van der Waals surface area contributed by atoms with Crippen LogP contribution in [-0.2, 0) is 4.79 Å². The van der Waals surface area contributed by atoms with Gasteiger partial charge in [0.2, 0.25) is 5.91 Å². The summed E-state index contributed by atoms with van der Waals surface area (Å²) in [5.41, 5.74) is 1.28. The number of hydrogen-bond donors (Lipinski definition) is 1. The molecular weight excluding hydrogens is 306 g/mol. The molecule has 3 rings (SSSR count). The minimum atomic E-state index is -0.0995. The van der Waals surface area contributed by atoms with Gasteiger partial charge in [0.05, 0.1) is 5.56 Å². The van der Waals surface area contributed by atoms with Crippen LogP contribution in [0.25, 0.3) is 0 Å². The smallest absolute Gasteiger partial charge is 0.254 e. The van der Waals surface area contributed by atoms with Crippen molar-refractivity contribution >= 4 is 17.5 Å². The fraction of sp³-hybridized carbons (Fsp3) is 0.278. The molecule has 1 aromatic carbocycles. The third kappa shape index (κ3) is 3.71. The first-order valence-corrected chi connectivity index (χ1v) is 7.97. The van der Waals surface area contributed by atoms with Crippen LogP contribution in [0.3, 0.4) is 0 Å². The molecule has 1 aromatic heterocycles. The summed E-state index contributed by atoms with van der Waals surface area (Å²) in [7, 11) is 0. The second-order valence-electron chi connectivity index (χ2n) is 5.87. The van der Waals surface area contributed by atoms with E-state index in [2.05, 4.69) is 5.32 Å². The topological polar surface area (TPSA) is 76.4 Å². The number of piperidine rings is 1. The number of carbonyl (C=O) groups is 2. The lowest BCUT2D eigenvalue weighted by Gasteiger charge is -2.31. The summed E-state index contributed by atoms with van der Waals surface area (Å²) in [5, 5.41) is 13.9. The quantitative estimate of drug-likeness (QED) is 0.691. The van der Waals surface area contributed by atoms with Crippen molar-refractivity contribution in [3.05, 3.63) is 65.6 Å². The first-order valence-electron chi connectivity index (χ1n) is 7.97. The van der Waals surface area contributed by atoms with Gasteiger partial charge in [-0.15, -0.1) is 0 Å². The van der Waals surface area contributed by atoms with Crippen LogP contribution >= 0.6 is 0 Å². The normalized spacial score (nSPS) is 15.1. The molecule has 1 saturated heterocycles. The first kappa shape index (κ1) is 16.0. The fourth-order valence-electron chi connectivity index (χ4n) is 2.85. The van der Waals surface area contributed by atoms with Crippen LogP contribution in [0.5, 0.6) is 0 Å². The third-order valence-corrected chi connectivity index (χ3v) is 4.24. The molecule has 2 heterocycles. The van der Waals surface area contributed by atoms with Crippen molar-refractivity contribution in [2.24, 2.45) is 5.92 Å². The molecule has 0 spiro atoms. The van der Waals surface area contributed by atoms with E-state index < -0.39 is 0 Å². The van der Waals surface area contributed by atoms with Crippen LogP contribution in [-0.4, -0.2) is 29.8 Å². The highest BCUT2D eigenvalue weighted by Gasteiger charge is 2.28. The Morgan fingerprint density at radius 1 is 1.04 bits per heavy atom. The maximum atomic E-state index is 12.4. The molecule has 0 bridgehead atoms. The Morgan fingerprint density at radius 3 is 2.29 bits per heavy atom. The van der Waals surface area contributed by atoms with Crippen molar-refractivity contribution in [3.8, 4) is 0 Å². The van der Waals surface area contributed by atoms with E-state index in [1.165, 1.54) is 24.5 Å². The summed E-state index contributed by atoms with van der Waals surface area (Å²) >= 11 is 0. The Bertz CT molecular complexity index is 708. The van der Waals surface area contributed by atoms with Crippen LogP contribution in [0.4, 0.5) is 5.69 Å². The van der Waals surface area contributed by atoms with Gasteiger partial charge < -0.3 is 15.4 Å². The number of benzene rings is 1. The monoisotopic (exact) mass is 325 g/mol. The molecule has 0 saturated carbocycles. The summed E-state index contributed by atoms with van der Waals surface area (Å²) in [5.74, 6) is -0.188. The summed E-state index contributed by atoms with van der Waals surface area (Å²) in [4.78, 5) is 26.4. The van der Waals surface area contributed by atoms with Gasteiger partial charge in [-0.3, -0.25) is 9.59 Å². The van der Waals surface area contributed by atoms with Gasteiger partial charge in [0.25, 0.3) is 5.91 Å². The summed E-state index contributed by atoms with van der Waals surface area (Å²) in [6.07, 6.45) is 3.90. The Hall–Kier alpha value is -2.89. The van der Waals surface area contributed by atoms with E-state index in [9.17, 15) is 14.8 Å². The number of anilines is 1. The molecule has 1 fully saturated rings. The average molecular weight is 325 g/mol. The molecule has 0 aliphatic carbocycles. The predicted octanol–water partition coefficient (Wildman–Crippen LogP) is 1.81. The van der Waals surface area contributed by atoms with Crippen LogP contribution in [0.2, 0.25) is 0 Å². The van der Waals surface area contributed by atoms with Gasteiger partial charge in [0.1, 0.15) is 0 Å². The molecule has 1 aliphatic heterocycles. The maximum absolute atomic E-state index is 12.4. The molecule has 6 nitrogen and oxygen atoms in total. The standard InChI is InChI=1S/C18H19N3O3/c22-17(19-16-4-2-1-3-5-16)14-6-10-20(11-7-14)18(23)15-8-12-21(24)13-9-15/h1-5,8-9,12-14H,6-7,10-11H2,(H,19,22). The van der Waals surface area contributed by atoms with E-state index in [1.54, 1.807) is 4.90 Å². The van der Waals surface area contributed by atoms with E-state index in [0.29, 0.717) is 36.2 Å². The van der Waals surface area contributed by atoms with E-state index in [-0.39, 0.29) is 17.7 Å². The van der Waals surface area contributed by atoms with Gasteiger partial charge in [-0.25, -0.2) is 0 Å². The number of nitrogens with zero attached hydrogens (tertiary/aromatic N) is 2.